The lowest BCUT2D eigenvalue weighted by molar-refractivity contribution is -0.137. The van der Waals surface area contributed by atoms with Crippen LogP contribution in [-0.2, 0) is 16.0 Å². The summed E-state index contributed by atoms with van der Waals surface area (Å²) in [5.41, 5.74) is 1.10. The van der Waals surface area contributed by atoms with Gasteiger partial charge in [-0.1, -0.05) is 0 Å². The standard InChI is InChI=1S/C18H27N3O2S/c1-14-19-15(13-24-14)6-4-8-18(23)21-11-3-2-7-16(21)12-20-10-5-9-17(20)22/h13,16H,2-12H2,1H3. The van der Waals surface area contributed by atoms with Crippen LogP contribution >= 0.6 is 11.3 Å². The molecule has 3 rings (SSSR count). The van der Waals surface area contributed by atoms with E-state index in [0.717, 1.165) is 68.9 Å². The quantitative estimate of drug-likeness (QED) is 0.793. The van der Waals surface area contributed by atoms with E-state index >= 15 is 0 Å². The molecule has 2 amide bonds. The highest BCUT2D eigenvalue weighted by atomic mass is 32.1. The Balaban J connectivity index is 1.50. The largest absolute Gasteiger partial charge is 0.341 e. The van der Waals surface area contributed by atoms with E-state index in [0.29, 0.717) is 12.8 Å². The minimum Gasteiger partial charge on any atom is -0.341 e. The van der Waals surface area contributed by atoms with Crippen molar-refractivity contribution in [3.63, 3.8) is 0 Å². The zero-order valence-corrected chi connectivity index (χ0v) is 15.3. The fourth-order valence-corrected chi connectivity index (χ4v) is 4.40. The van der Waals surface area contributed by atoms with Crippen LogP contribution in [0.15, 0.2) is 5.38 Å². The van der Waals surface area contributed by atoms with Crippen LogP contribution in [0.25, 0.3) is 0 Å². The maximum absolute atomic E-state index is 12.7. The first kappa shape index (κ1) is 17.4. The smallest absolute Gasteiger partial charge is 0.222 e. The van der Waals surface area contributed by atoms with E-state index in [-0.39, 0.29) is 17.9 Å². The summed E-state index contributed by atoms with van der Waals surface area (Å²) in [4.78, 5) is 33.0. The maximum Gasteiger partial charge on any atom is 0.222 e. The second-order valence-electron chi connectivity index (χ2n) is 6.89. The van der Waals surface area contributed by atoms with E-state index in [2.05, 4.69) is 10.4 Å². The Labute approximate surface area is 148 Å². The number of hydrogen-bond donors (Lipinski definition) is 0. The van der Waals surface area contributed by atoms with Gasteiger partial charge >= 0.3 is 0 Å². The Morgan fingerprint density at radius 1 is 1.33 bits per heavy atom. The van der Waals surface area contributed by atoms with Crippen LogP contribution in [0, 0.1) is 6.92 Å². The van der Waals surface area contributed by atoms with Crippen molar-refractivity contribution >= 4 is 23.2 Å². The second kappa shape index (κ2) is 8.10. The molecule has 5 nitrogen and oxygen atoms in total. The molecule has 6 heteroatoms. The highest BCUT2D eigenvalue weighted by molar-refractivity contribution is 7.09. The van der Waals surface area contributed by atoms with E-state index in [1.807, 2.05) is 16.7 Å². The number of carbonyl (C=O) groups excluding carboxylic acids is 2. The fourth-order valence-electron chi connectivity index (χ4n) is 3.76. The molecule has 2 aliphatic heterocycles. The van der Waals surface area contributed by atoms with E-state index in [1.54, 1.807) is 11.3 Å². The fraction of sp³-hybridized carbons (Fsp3) is 0.722. The molecule has 0 bridgehead atoms. The van der Waals surface area contributed by atoms with Gasteiger partial charge in [0.2, 0.25) is 11.8 Å². The van der Waals surface area contributed by atoms with Crippen LogP contribution < -0.4 is 0 Å². The van der Waals surface area contributed by atoms with Crippen molar-refractivity contribution in [3.05, 3.63) is 16.1 Å². The third-order valence-corrected chi connectivity index (χ3v) is 5.86. The van der Waals surface area contributed by atoms with Crippen molar-refractivity contribution in [3.8, 4) is 0 Å². The summed E-state index contributed by atoms with van der Waals surface area (Å²) >= 11 is 1.67. The molecule has 2 saturated heterocycles. The maximum atomic E-state index is 12.7. The lowest BCUT2D eigenvalue weighted by atomic mass is 10.0. The van der Waals surface area contributed by atoms with Crippen LogP contribution in [0.1, 0.15) is 55.6 Å². The summed E-state index contributed by atoms with van der Waals surface area (Å²) in [6.45, 7) is 4.45. The molecule has 2 aliphatic rings. The number of amides is 2. The topological polar surface area (TPSA) is 53.5 Å². The zero-order chi connectivity index (χ0) is 16.9. The molecular weight excluding hydrogens is 322 g/mol. The van der Waals surface area contributed by atoms with Crippen LogP contribution in [0.2, 0.25) is 0 Å². The Morgan fingerprint density at radius 2 is 2.21 bits per heavy atom. The van der Waals surface area contributed by atoms with E-state index < -0.39 is 0 Å². The number of likely N-dealkylation sites (tertiary alicyclic amines) is 2. The molecule has 0 spiro atoms. The van der Waals surface area contributed by atoms with E-state index in [9.17, 15) is 9.59 Å². The molecule has 0 N–H and O–H groups in total. The van der Waals surface area contributed by atoms with Gasteiger partial charge in [0.1, 0.15) is 0 Å². The van der Waals surface area contributed by atoms with Gasteiger partial charge in [-0.2, -0.15) is 0 Å². The number of nitrogens with zero attached hydrogens (tertiary/aromatic N) is 3. The molecule has 0 saturated carbocycles. The number of aromatic nitrogens is 1. The van der Waals surface area contributed by atoms with Gasteiger partial charge < -0.3 is 9.80 Å². The average Bonchev–Trinajstić information content (AvgIpc) is 3.17. The summed E-state index contributed by atoms with van der Waals surface area (Å²) in [7, 11) is 0. The first-order valence-electron chi connectivity index (χ1n) is 9.12. The highest BCUT2D eigenvalue weighted by Crippen LogP contribution is 2.22. The molecule has 24 heavy (non-hydrogen) atoms. The zero-order valence-electron chi connectivity index (χ0n) is 14.5. The summed E-state index contributed by atoms with van der Waals surface area (Å²) in [5.74, 6) is 0.505. The van der Waals surface area contributed by atoms with Gasteiger partial charge in [0.25, 0.3) is 0 Å². The molecule has 3 heterocycles. The van der Waals surface area contributed by atoms with Gasteiger partial charge in [-0.3, -0.25) is 9.59 Å². The molecule has 0 aromatic carbocycles. The van der Waals surface area contributed by atoms with Crippen molar-refractivity contribution in [2.45, 2.75) is 64.3 Å². The molecule has 132 valence electrons. The number of rotatable bonds is 6. The van der Waals surface area contributed by atoms with Crippen molar-refractivity contribution < 1.29 is 9.59 Å². The average molecular weight is 350 g/mol. The van der Waals surface area contributed by atoms with Crippen molar-refractivity contribution in [1.82, 2.24) is 14.8 Å². The minimum absolute atomic E-state index is 0.217. The molecule has 2 fully saturated rings. The number of aryl methyl sites for hydroxylation is 2. The number of hydrogen-bond acceptors (Lipinski definition) is 4. The molecule has 1 atom stereocenters. The van der Waals surface area contributed by atoms with Gasteiger partial charge in [-0.15, -0.1) is 11.3 Å². The third kappa shape index (κ3) is 4.35. The molecule has 1 aromatic rings. The van der Waals surface area contributed by atoms with Crippen LogP contribution in [0.4, 0.5) is 0 Å². The SMILES string of the molecule is Cc1nc(CCCC(=O)N2CCCCC2CN2CCCC2=O)cs1. The van der Waals surface area contributed by atoms with Crippen LogP contribution in [0.3, 0.4) is 0 Å². The van der Waals surface area contributed by atoms with Crippen molar-refractivity contribution in [2.24, 2.45) is 0 Å². The van der Waals surface area contributed by atoms with Gasteiger partial charge in [0, 0.05) is 43.9 Å². The van der Waals surface area contributed by atoms with Crippen molar-refractivity contribution in [2.75, 3.05) is 19.6 Å². The summed E-state index contributed by atoms with van der Waals surface area (Å²) < 4.78 is 0. The van der Waals surface area contributed by atoms with Gasteiger partial charge in [0.15, 0.2) is 0 Å². The van der Waals surface area contributed by atoms with Crippen LogP contribution in [0.5, 0.6) is 0 Å². The molecule has 1 aromatic heterocycles. The monoisotopic (exact) mass is 349 g/mol. The lowest BCUT2D eigenvalue weighted by Crippen LogP contribution is -2.49. The molecule has 0 aliphatic carbocycles. The highest BCUT2D eigenvalue weighted by Gasteiger charge is 2.30. The molecule has 0 radical (unpaired) electrons. The first-order chi connectivity index (χ1) is 11.6. The lowest BCUT2D eigenvalue weighted by Gasteiger charge is -2.38. The Bertz CT molecular complexity index is 587. The first-order valence-corrected chi connectivity index (χ1v) is 9.99. The summed E-state index contributed by atoms with van der Waals surface area (Å²) in [6.07, 6.45) is 7.23. The van der Waals surface area contributed by atoms with E-state index in [4.69, 9.17) is 0 Å². The van der Waals surface area contributed by atoms with Crippen LogP contribution in [-0.4, -0.2) is 52.3 Å². The normalized spacial score (nSPS) is 21.5. The van der Waals surface area contributed by atoms with Gasteiger partial charge in [-0.25, -0.2) is 4.98 Å². The summed E-state index contributed by atoms with van der Waals surface area (Å²) in [5, 5.41) is 3.17. The molecular formula is C18H27N3O2S. The predicted octanol–water partition coefficient (Wildman–Crippen LogP) is 2.78. The third-order valence-electron chi connectivity index (χ3n) is 5.04. The Morgan fingerprint density at radius 3 is 2.92 bits per heavy atom. The summed E-state index contributed by atoms with van der Waals surface area (Å²) in [6, 6.07) is 0.217. The Hall–Kier alpha value is -1.43. The predicted molar refractivity (Wildman–Crippen MR) is 95.0 cm³/mol. The molecule has 1 unspecified atom stereocenters. The number of thiazole rings is 1. The van der Waals surface area contributed by atoms with Gasteiger partial charge in [-0.05, 0) is 45.4 Å². The number of piperidine rings is 1. The van der Waals surface area contributed by atoms with Gasteiger partial charge in [0.05, 0.1) is 10.7 Å². The van der Waals surface area contributed by atoms with Crippen molar-refractivity contribution in [1.29, 1.82) is 0 Å². The Kier molecular flexibility index (Phi) is 5.87. The van der Waals surface area contributed by atoms with E-state index in [1.165, 1.54) is 0 Å². The second-order valence-corrected chi connectivity index (χ2v) is 7.95. The number of carbonyl (C=O) groups is 2. The minimum atomic E-state index is 0.217.